The summed E-state index contributed by atoms with van der Waals surface area (Å²) in [6.07, 6.45) is 0.627. The van der Waals surface area contributed by atoms with E-state index >= 15 is 0 Å². The molecule has 1 saturated heterocycles. The molecule has 0 spiro atoms. The molecule has 2 rings (SSSR count). The fourth-order valence-electron chi connectivity index (χ4n) is 2.43. The monoisotopic (exact) mass is 347 g/mol. The first-order valence-electron chi connectivity index (χ1n) is 6.31. The van der Waals surface area contributed by atoms with Gasteiger partial charge in [0.2, 0.25) is 0 Å². The molecule has 0 bridgehead atoms. The van der Waals surface area contributed by atoms with Gasteiger partial charge in [-0.3, -0.25) is 0 Å². The van der Waals surface area contributed by atoms with Crippen molar-refractivity contribution >= 4 is 25.8 Å². The molecule has 6 heteroatoms. The van der Waals surface area contributed by atoms with Gasteiger partial charge in [-0.15, -0.1) is 0 Å². The largest absolute Gasteiger partial charge is 0.494 e. The van der Waals surface area contributed by atoms with Gasteiger partial charge in [-0.1, -0.05) is 15.9 Å². The first-order chi connectivity index (χ1) is 8.93. The molecule has 2 atom stereocenters. The van der Waals surface area contributed by atoms with Crippen LogP contribution in [0, 0.1) is 5.92 Å². The molecular formula is C13H18BrNO3S. The molecule has 0 saturated carbocycles. The zero-order valence-corrected chi connectivity index (χ0v) is 13.2. The van der Waals surface area contributed by atoms with E-state index in [1.165, 1.54) is 0 Å². The third-order valence-electron chi connectivity index (χ3n) is 3.41. The third-order valence-corrected chi connectivity index (χ3v) is 5.69. The number of hydrogen-bond acceptors (Lipinski definition) is 4. The fourth-order valence-corrected chi connectivity index (χ4v) is 4.66. The zero-order valence-electron chi connectivity index (χ0n) is 10.8. The summed E-state index contributed by atoms with van der Waals surface area (Å²) in [7, 11) is -2.92. The minimum Gasteiger partial charge on any atom is -0.494 e. The Hall–Kier alpha value is -0.590. The molecule has 1 heterocycles. The van der Waals surface area contributed by atoms with Crippen LogP contribution in [-0.4, -0.2) is 26.5 Å². The molecule has 1 aliphatic heterocycles. The van der Waals surface area contributed by atoms with Crippen molar-refractivity contribution in [2.24, 2.45) is 11.7 Å². The van der Waals surface area contributed by atoms with Gasteiger partial charge in [-0.25, -0.2) is 8.42 Å². The summed E-state index contributed by atoms with van der Waals surface area (Å²) in [6.45, 7) is 2.47. The van der Waals surface area contributed by atoms with Crippen LogP contribution in [0.25, 0.3) is 0 Å². The van der Waals surface area contributed by atoms with Crippen LogP contribution < -0.4 is 10.5 Å². The van der Waals surface area contributed by atoms with Gasteiger partial charge in [0, 0.05) is 16.1 Å². The van der Waals surface area contributed by atoms with Crippen molar-refractivity contribution in [2.45, 2.75) is 19.4 Å². The van der Waals surface area contributed by atoms with Crippen LogP contribution >= 0.6 is 15.9 Å². The number of ether oxygens (including phenoxy) is 1. The molecule has 2 unspecified atom stereocenters. The Morgan fingerprint density at radius 1 is 1.53 bits per heavy atom. The van der Waals surface area contributed by atoms with Crippen LogP contribution in [0.1, 0.15) is 24.9 Å². The fraction of sp³-hybridized carbons (Fsp3) is 0.538. The molecular weight excluding hydrogens is 330 g/mol. The summed E-state index contributed by atoms with van der Waals surface area (Å²) >= 11 is 3.42. The topological polar surface area (TPSA) is 69.4 Å². The van der Waals surface area contributed by atoms with E-state index in [1.807, 2.05) is 25.1 Å². The molecule has 2 N–H and O–H groups in total. The minimum absolute atomic E-state index is 0.0292. The van der Waals surface area contributed by atoms with Crippen molar-refractivity contribution in [1.82, 2.24) is 0 Å². The van der Waals surface area contributed by atoms with Crippen LogP contribution in [-0.2, 0) is 9.84 Å². The highest BCUT2D eigenvalue weighted by Crippen LogP contribution is 2.35. The van der Waals surface area contributed by atoms with Crippen LogP contribution in [0.4, 0.5) is 0 Å². The maximum absolute atomic E-state index is 11.6. The molecule has 4 nitrogen and oxygen atoms in total. The van der Waals surface area contributed by atoms with Crippen LogP contribution in [0.3, 0.4) is 0 Å². The number of nitrogens with two attached hydrogens (primary N) is 1. The number of rotatable bonds is 4. The Morgan fingerprint density at radius 3 is 2.84 bits per heavy atom. The molecule has 1 fully saturated rings. The second-order valence-electron chi connectivity index (χ2n) is 4.80. The molecule has 1 aliphatic rings. The standard InChI is InChI=1S/C13H18BrNO3S/c1-2-18-12-4-3-10(14)7-11(12)13(15)9-5-6-19(16,17)8-9/h3-4,7,9,13H,2,5-6,8,15H2,1H3. The van der Waals surface area contributed by atoms with E-state index in [0.29, 0.717) is 13.0 Å². The van der Waals surface area contributed by atoms with Crippen molar-refractivity contribution in [3.8, 4) is 5.75 Å². The van der Waals surface area contributed by atoms with Crippen molar-refractivity contribution in [1.29, 1.82) is 0 Å². The second kappa shape index (κ2) is 5.81. The zero-order chi connectivity index (χ0) is 14.0. The first kappa shape index (κ1) is 14.8. The molecule has 0 aromatic heterocycles. The average Bonchev–Trinajstić information content (AvgIpc) is 2.71. The van der Waals surface area contributed by atoms with Gasteiger partial charge >= 0.3 is 0 Å². The van der Waals surface area contributed by atoms with Gasteiger partial charge in [-0.05, 0) is 37.5 Å². The Kier molecular flexibility index (Phi) is 4.53. The Morgan fingerprint density at radius 2 is 2.26 bits per heavy atom. The van der Waals surface area contributed by atoms with Crippen molar-refractivity contribution in [2.75, 3.05) is 18.1 Å². The third kappa shape index (κ3) is 3.49. The van der Waals surface area contributed by atoms with Gasteiger partial charge in [-0.2, -0.15) is 0 Å². The van der Waals surface area contributed by atoms with E-state index in [1.54, 1.807) is 0 Å². The van der Waals surface area contributed by atoms with Crippen LogP contribution in [0.5, 0.6) is 5.75 Å². The van der Waals surface area contributed by atoms with Crippen molar-refractivity contribution < 1.29 is 13.2 Å². The lowest BCUT2D eigenvalue weighted by molar-refractivity contribution is 0.329. The lowest BCUT2D eigenvalue weighted by Crippen LogP contribution is -2.23. The smallest absolute Gasteiger partial charge is 0.150 e. The summed E-state index contributed by atoms with van der Waals surface area (Å²) in [6, 6.07) is 5.37. The highest BCUT2D eigenvalue weighted by molar-refractivity contribution is 9.10. The average molecular weight is 348 g/mol. The van der Waals surface area contributed by atoms with Gasteiger partial charge in [0.15, 0.2) is 9.84 Å². The summed E-state index contributed by atoms with van der Waals surface area (Å²) in [4.78, 5) is 0. The van der Waals surface area contributed by atoms with Crippen molar-refractivity contribution in [3.63, 3.8) is 0 Å². The number of hydrogen-bond donors (Lipinski definition) is 1. The Bertz CT molecular complexity index is 559. The minimum atomic E-state index is -2.92. The van der Waals surface area contributed by atoms with Gasteiger partial charge in [0.25, 0.3) is 0 Å². The summed E-state index contributed by atoms with van der Waals surface area (Å²) in [5, 5.41) is 0. The second-order valence-corrected chi connectivity index (χ2v) is 7.95. The van der Waals surface area contributed by atoms with Gasteiger partial charge < -0.3 is 10.5 Å². The first-order valence-corrected chi connectivity index (χ1v) is 8.92. The highest BCUT2D eigenvalue weighted by atomic mass is 79.9. The van der Waals surface area contributed by atoms with E-state index in [2.05, 4.69) is 15.9 Å². The van der Waals surface area contributed by atoms with Crippen LogP contribution in [0.2, 0.25) is 0 Å². The summed E-state index contributed by atoms with van der Waals surface area (Å²) in [5.41, 5.74) is 7.13. The highest BCUT2D eigenvalue weighted by Gasteiger charge is 2.33. The molecule has 19 heavy (non-hydrogen) atoms. The quantitative estimate of drug-likeness (QED) is 0.906. The SMILES string of the molecule is CCOc1ccc(Br)cc1C(N)C1CCS(=O)(=O)C1. The number of benzene rings is 1. The molecule has 106 valence electrons. The lowest BCUT2D eigenvalue weighted by atomic mass is 9.93. The predicted octanol–water partition coefficient (Wildman–Crippen LogP) is 2.28. The molecule has 1 aromatic carbocycles. The normalized spacial score (nSPS) is 23.2. The van der Waals surface area contributed by atoms with E-state index in [-0.39, 0.29) is 23.5 Å². The predicted molar refractivity (Wildman–Crippen MR) is 79.0 cm³/mol. The van der Waals surface area contributed by atoms with E-state index in [4.69, 9.17) is 10.5 Å². The van der Waals surface area contributed by atoms with E-state index in [0.717, 1.165) is 15.8 Å². The van der Waals surface area contributed by atoms with Gasteiger partial charge in [0.05, 0.1) is 18.1 Å². The molecule has 0 radical (unpaired) electrons. The molecule has 1 aromatic rings. The molecule has 0 amide bonds. The maximum atomic E-state index is 11.6. The summed E-state index contributed by atoms with van der Waals surface area (Å²) in [5.74, 6) is 1.12. The van der Waals surface area contributed by atoms with E-state index < -0.39 is 9.84 Å². The van der Waals surface area contributed by atoms with Crippen molar-refractivity contribution in [3.05, 3.63) is 28.2 Å². The summed E-state index contributed by atoms with van der Waals surface area (Å²) < 4.78 is 29.6. The lowest BCUT2D eigenvalue weighted by Gasteiger charge is -2.21. The maximum Gasteiger partial charge on any atom is 0.150 e. The Labute approximate surface area is 122 Å². The number of halogens is 1. The van der Waals surface area contributed by atoms with E-state index in [9.17, 15) is 8.42 Å². The van der Waals surface area contributed by atoms with Crippen LogP contribution in [0.15, 0.2) is 22.7 Å². The molecule has 0 aliphatic carbocycles. The Balaban J connectivity index is 2.27. The van der Waals surface area contributed by atoms with Gasteiger partial charge in [0.1, 0.15) is 5.75 Å². The number of sulfone groups is 1.